The Bertz CT molecular complexity index is 1410. The lowest BCUT2D eigenvalue weighted by Crippen LogP contribution is -2.09. The fourth-order valence-corrected chi connectivity index (χ4v) is 3.80. The van der Waals surface area contributed by atoms with Gasteiger partial charge in [-0.3, -0.25) is 4.79 Å². The lowest BCUT2D eigenvalue weighted by Gasteiger charge is -2.06. The van der Waals surface area contributed by atoms with Crippen molar-refractivity contribution >= 4 is 28.8 Å². The Labute approximate surface area is 190 Å². The molecule has 3 aromatic carbocycles. The zero-order valence-electron chi connectivity index (χ0n) is 18.1. The summed E-state index contributed by atoms with van der Waals surface area (Å²) in [5.74, 6) is 1.14. The third-order valence-electron chi connectivity index (χ3n) is 5.30. The molecule has 1 aromatic heterocycles. The van der Waals surface area contributed by atoms with Crippen molar-refractivity contribution < 1.29 is 28.2 Å². The zero-order chi connectivity index (χ0) is 22.9. The van der Waals surface area contributed by atoms with Gasteiger partial charge in [-0.25, -0.2) is 4.79 Å². The molecule has 0 bridgehead atoms. The molecule has 0 fully saturated rings. The normalized spacial score (nSPS) is 13.8. The predicted molar refractivity (Wildman–Crippen MR) is 123 cm³/mol. The first-order chi connectivity index (χ1) is 16.0. The number of ether oxygens (including phenoxy) is 3. The molecular formula is C27H20O6. The number of carbonyl (C=O) groups excluding carboxylic acids is 2. The Hall–Kier alpha value is -4.32. The molecule has 6 heteroatoms. The van der Waals surface area contributed by atoms with Crippen LogP contribution >= 0.6 is 0 Å². The first-order valence-corrected chi connectivity index (χ1v) is 10.5. The highest BCUT2D eigenvalue weighted by molar-refractivity contribution is 6.14. The van der Waals surface area contributed by atoms with Crippen LogP contribution in [-0.4, -0.2) is 18.4 Å². The van der Waals surface area contributed by atoms with Crippen LogP contribution in [-0.2, 0) is 0 Å². The van der Waals surface area contributed by atoms with E-state index in [4.69, 9.17) is 18.6 Å². The molecule has 0 N–H and O–H groups in total. The van der Waals surface area contributed by atoms with E-state index in [0.29, 0.717) is 46.0 Å². The molecule has 0 saturated heterocycles. The molecule has 0 spiro atoms. The minimum absolute atomic E-state index is 0.216. The third kappa shape index (κ3) is 3.87. The number of ketones is 1. The van der Waals surface area contributed by atoms with Crippen LogP contribution in [0, 0.1) is 6.92 Å². The number of allylic oxidation sites excluding steroid dienone is 1. The molecule has 33 heavy (non-hydrogen) atoms. The number of furan rings is 1. The van der Waals surface area contributed by atoms with Crippen molar-refractivity contribution in [1.29, 1.82) is 0 Å². The monoisotopic (exact) mass is 440 g/mol. The number of aryl methyl sites for hydroxylation is 1. The van der Waals surface area contributed by atoms with Gasteiger partial charge in [0.1, 0.15) is 34.2 Å². The van der Waals surface area contributed by atoms with Gasteiger partial charge < -0.3 is 18.6 Å². The minimum Gasteiger partial charge on any atom is -0.494 e. The predicted octanol–water partition coefficient (Wildman–Crippen LogP) is 5.98. The number of fused-ring (bicyclic) bond motifs is 2. The molecule has 0 saturated carbocycles. The SMILES string of the molecule is CCOc1ccc2oc(C)c(C(=O)Oc3ccc4c(c3)OC(=Cc3ccccc3)C4=O)c2c1. The number of hydrogen-bond donors (Lipinski definition) is 0. The molecule has 1 aliphatic heterocycles. The van der Waals surface area contributed by atoms with Crippen LogP contribution in [0.2, 0.25) is 0 Å². The average Bonchev–Trinajstić information content (AvgIpc) is 3.30. The molecule has 0 amide bonds. The van der Waals surface area contributed by atoms with Gasteiger partial charge in [0.2, 0.25) is 5.78 Å². The van der Waals surface area contributed by atoms with Crippen molar-refractivity contribution in [2.45, 2.75) is 13.8 Å². The molecule has 0 atom stereocenters. The third-order valence-corrected chi connectivity index (χ3v) is 5.30. The molecule has 164 valence electrons. The van der Waals surface area contributed by atoms with E-state index in [-0.39, 0.29) is 17.3 Å². The summed E-state index contributed by atoms with van der Waals surface area (Å²) in [6.07, 6.45) is 1.69. The van der Waals surface area contributed by atoms with E-state index in [1.54, 1.807) is 49.4 Å². The van der Waals surface area contributed by atoms with E-state index >= 15 is 0 Å². The fourth-order valence-electron chi connectivity index (χ4n) is 3.80. The Morgan fingerprint density at radius 3 is 2.58 bits per heavy atom. The summed E-state index contributed by atoms with van der Waals surface area (Å²) in [4.78, 5) is 25.7. The van der Waals surface area contributed by atoms with Gasteiger partial charge in [0, 0.05) is 11.5 Å². The maximum absolute atomic E-state index is 13.0. The second kappa shape index (κ2) is 8.31. The molecule has 2 heterocycles. The minimum atomic E-state index is -0.566. The Morgan fingerprint density at radius 2 is 1.79 bits per heavy atom. The molecule has 6 nitrogen and oxygen atoms in total. The standard InChI is InChI=1S/C27H20O6/c1-3-30-18-10-12-22-21(14-18)25(16(2)31-22)27(29)32-19-9-11-20-23(15-19)33-24(26(20)28)13-17-7-5-4-6-8-17/h4-15H,3H2,1-2H3. The van der Waals surface area contributed by atoms with E-state index in [1.165, 1.54) is 0 Å². The van der Waals surface area contributed by atoms with Crippen LogP contribution < -0.4 is 14.2 Å². The van der Waals surface area contributed by atoms with Crippen LogP contribution in [0.4, 0.5) is 0 Å². The summed E-state index contributed by atoms with van der Waals surface area (Å²) in [7, 11) is 0. The highest BCUT2D eigenvalue weighted by Crippen LogP contribution is 2.36. The van der Waals surface area contributed by atoms with Crippen molar-refractivity contribution in [3.63, 3.8) is 0 Å². The van der Waals surface area contributed by atoms with Crippen molar-refractivity contribution in [3.8, 4) is 17.2 Å². The lowest BCUT2D eigenvalue weighted by atomic mass is 10.1. The molecule has 4 aromatic rings. The summed E-state index contributed by atoms with van der Waals surface area (Å²) in [6, 6.07) is 19.5. The van der Waals surface area contributed by atoms with E-state index in [0.717, 1.165) is 5.56 Å². The second-order valence-electron chi connectivity index (χ2n) is 7.52. The van der Waals surface area contributed by atoms with Gasteiger partial charge in [-0.1, -0.05) is 30.3 Å². The molecule has 5 rings (SSSR count). The van der Waals surface area contributed by atoms with E-state index in [9.17, 15) is 9.59 Å². The molecular weight excluding hydrogens is 420 g/mol. The van der Waals surface area contributed by atoms with Crippen molar-refractivity contribution in [3.05, 3.63) is 94.9 Å². The van der Waals surface area contributed by atoms with Gasteiger partial charge in [-0.2, -0.15) is 0 Å². The van der Waals surface area contributed by atoms with Crippen LogP contribution in [0.5, 0.6) is 17.2 Å². The van der Waals surface area contributed by atoms with Crippen LogP contribution in [0.1, 0.15) is 39.0 Å². The first-order valence-electron chi connectivity index (χ1n) is 10.5. The fraction of sp³-hybridized carbons (Fsp3) is 0.111. The molecule has 1 aliphatic rings. The van der Waals surface area contributed by atoms with Crippen LogP contribution in [0.25, 0.3) is 17.0 Å². The lowest BCUT2D eigenvalue weighted by molar-refractivity contribution is 0.0734. The smallest absolute Gasteiger partial charge is 0.347 e. The number of benzene rings is 3. The topological polar surface area (TPSA) is 75.0 Å². The number of rotatable bonds is 5. The van der Waals surface area contributed by atoms with Gasteiger partial charge in [0.15, 0.2) is 5.76 Å². The summed E-state index contributed by atoms with van der Waals surface area (Å²) < 4.78 is 22.6. The summed E-state index contributed by atoms with van der Waals surface area (Å²) in [5.41, 5.74) is 2.17. The quantitative estimate of drug-likeness (QED) is 0.216. The molecule has 0 radical (unpaired) electrons. The highest BCUT2D eigenvalue weighted by Gasteiger charge is 2.28. The summed E-state index contributed by atoms with van der Waals surface area (Å²) in [5, 5.41) is 0.615. The van der Waals surface area contributed by atoms with Gasteiger partial charge in [-0.05, 0) is 55.8 Å². The second-order valence-corrected chi connectivity index (χ2v) is 7.52. The molecule has 0 unspecified atom stereocenters. The van der Waals surface area contributed by atoms with Gasteiger partial charge in [0.05, 0.1) is 12.2 Å². The highest BCUT2D eigenvalue weighted by atomic mass is 16.5. The number of Topliss-reactive ketones (excluding diaryl/α,β-unsaturated/α-hetero) is 1. The summed E-state index contributed by atoms with van der Waals surface area (Å²) >= 11 is 0. The van der Waals surface area contributed by atoms with E-state index < -0.39 is 5.97 Å². The first kappa shape index (κ1) is 20.6. The number of carbonyl (C=O) groups is 2. The van der Waals surface area contributed by atoms with E-state index in [2.05, 4.69) is 0 Å². The number of esters is 1. The average molecular weight is 440 g/mol. The Morgan fingerprint density at radius 1 is 1.00 bits per heavy atom. The number of hydrogen-bond acceptors (Lipinski definition) is 6. The van der Waals surface area contributed by atoms with Gasteiger partial charge in [-0.15, -0.1) is 0 Å². The largest absolute Gasteiger partial charge is 0.494 e. The van der Waals surface area contributed by atoms with Crippen LogP contribution in [0.3, 0.4) is 0 Å². The summed E-state index contributed by atoms with van der Waals surface area (Å²) in [6.45, 7) is 4.11. The van der Waals surface area contributed by atoms with Gasteiger partial charge >= 0.3 is 5.97 Å². The van der Waals surface area contributed by atoms with Gasteiger partial charge in [0.25, 0.3) is 0 Å². The molecule has 0 aliphatic carbocycles. The van der Waals surface area contributed by atoms with E-state index in [1.807, 2.05) is 37.3 Å². The van der Waals surface area contributed by atoms with Crippen molar-refractivity contribution in [2.24, 2.45) is 0 Å². The maximum atomic E-state index is 13.0. The zero-order valence-corrected chi connectivity index (χ0v) is 18.1. The van der Waals surface area contributed by atoms with Crippen molar-refractivity contribution in [2.75, 3.05) is 6.61 Å². The maximum Gasteiger partial charge on any atom is 0.347 e. The van der Waals surface area contributed by atoms with Crippen LogP contribution in [0.15, 0.2) is 76.9 Å². The Kier molecular flexibility index (Phi) is 5.18. The Balaban J connectivity index is 1.41. The van der Waals surface area contributed by atoms with Crippen molar-refractivity contribution in [1.82, 2.24) is 0 Å².